The number of rotatable bonds is 5. The number of hydrogen-bond donors (Lipinski definition) is 1. The third kappa shape index (κ3) is 4.14. The number of halogens is 1. The first kappa shape index (κ1) is 13.5. The fourth-order valence-electron chi connectivity index (χ4n) is 1.90. The van der Waals surface area contributed by atoms with Gasteiger partial charge in [-0.1, -0.05) is 13.0 Å². The quantitative estimate of drug-likeness (QED) is 0.899. The van der Waals surface area contributed by atoms with Crippen LogP contribution in [0.15, 0.2) is 22.7 Å². The van der Waals surface area contributed by atoms with Gasteiger partial charge in [-0.15, -0.1) is 0 Å². The first-order valence-corrected chi connectivity index (χ1v) is 6.32. The number of aliphatic hydroxyl groups excluding tert-OH is 1. The summed E-state index contributed by atoms with van der Waals surface area (Å²) >= 11 is 3.47. The SMILES string of the molecule is COc1ccc(CC(C)CC(C)O)cc1Br. The highest BCUT2D eigenvalue weighted by Crippen LogP contribution is 2.27. The van der Waals surface area contributed by atoms with Crippen molar-refractivity contribution in [3.05, 3.63) is 28.2 Å². The third-order valence-electron chi connectivity index (χ3n) is 2.54. The van der Waals surface area contributed by atoms with Gasteiger partial charge in [-0.05, 0) is 59.3 Å². The van der Waals surface area contributed by atoms with E-state index in [9.17, 15) is 5.11 Å². The Labute approximate surface area is 106 Å². The van der Waals surface area contributed by atoms with Crippen molar-refractivity contribution in [2.75, 3.05) is 7.11 Å². The lowest BCUT2D eigenvalue weighted by molar-refractivity contribution is 0.164. The van der Waals surface area contributed by atoms with Gasteiger partial charge in [0, 0.05) is 0 Å². The lowest BCUT2D eigenvalue weighted by atomic mass is 9.96. The van der Waals surface area contributed by atoms with Gasteiger partial charge in [0.2, 0.25) is 0 Å². The van der Waals surface area contributed by atoms with Gasteiger partial charge in [0.25, 0.3) is 0 Å². The van der Waals surface area contributed by atoms with Crippen molar-refractivity contribution in [2.24, 2.45) is 5.92 Å². The van der Waals surface area contributed by atoms with Crippen LogP contribution in [0.4, 0.5) is 0 Å². The van der Waals surface area contributed by atoms with Crippen LogP contribution in [-0.2, 0) is 6.42 Å². The molecule has 0 spiro atoms. The highest BCUT2D eigenvalue weighted by atomic mass is 79.9. The van der Waals surface area contributed by atoms with E-state index in [4.69, 9.17) is 4.74 Å². The molecule has 16 heavy (non-hydrogen) atoms. The summed E-state index contributed by atoms with van der Waals surface area (Å²) in [5, 5.41) is 9.31. The number of ether oxygens (including phenoxy) is 1. The van der Waals surface area contributed by atoms with Crippen molar-refractivity contribution in [1.29, 1.82) is 0 Å². The van der Waals surface area contributed by atoms with Gasteiger partial charge in [-0.2, -0.15) is 0 Å². The Morgan fingerprint density at radius 2 is 2.06 bits per heavy atom. The molecule has 0 saturated carbocycles. The van der Waals surface area contributed by atoms with E-state index in [0.29, 0.717) is 5.92 Å². The monoisotopic (exact) mass is 286 g/mol. The zero-order valence-corrected chi connectivity index (χ0v) is 11.6. The Kier molecular flexibility index (Phi) is 5.29. The first-order valence-electron chi connectivity index (χ1n) is 5.53. The van der Waals surface area contributed by atoms with Crippen LogP contribution in [0.5, 0.6) is 5.75 Å². The van der Waals surface area contributed by atoms with E-state index < -0.39 is 0 Å². The predicted octanol–water partition coefficient (Wildman–Crippen LogP) is 3.41. The molecule has 0 aliphatic carbocycles. The fraction of sp³-hybridized carbons (Fsp3) is 0.538. The molecule has 0 amide bonds. The van der Waals surface area contributed by atoms with Crippen molar-refractivity contribution in [3.63, 3.8) is 0 Å². The number of methoxy groups -OCH3 is 1. The lowest BCUT2D eigenvalue weighted by Crippen LogP contribution is -2.09. The molecule has 0 aliphatic rings. The van der Waals surface area contributed by atoms with E-state index in [-0.39, 0.29) is 6.10 Å². The molecule has 1 rings (SSSR count). The highest BCUT2D eigenvalue weighted by molar-refractivity contribution is 9.10. The molecule has 1 N–H and O–H groups in total. The summed E-state index contributed by atoms with van der Waals surface area (Å²) in [7, 11) is 1.66. The van der Waals surface area contributed by atoms with Crippen LogP contribution in [-0.4, -0.2) is 18.3 Å². The van der Waals surface area contributed by atoms with Crippen molar-refractivity contribution >= 4 is 15.9 Å². The molecular formula is C13H19BrO2. The normalized spacial score (nSPS) is 14.6. The van der Waals surface area contributed by atoms with Gasteiger partial charge in [0.1, 0.15) is 5.75 Å². The maximum absolute atomic E-state index is 9.31. The number of benzene rings is 1. The summed E-state index contributed by atoms with van der Waals surface area (Å²) in [5.41, 5.74) is 1.26. The van der Waals surface area contributed by atoms with Crippen LogP contribution in [0.1, 0.15) is 25.8 Å². The zero-order valence-electron chi connectivity index (χ0n) is 10.0. The molecule has 1 aromatic rings. The summed E-state index contributed by atoms with van der Waals surface area (Å²) in [5.74, 6) is 1.34. The van der Waals surface area contributed by atoms with Crippen molar-refractivity contribution in [1.82, 2.24) is 0 Å². The number of aliphatic hydroxyl groups is 1. The molecule has 0 radical (unpaired) electrons. The van der Waals surface area contributed by atoms with Crippen LogP contribution in [0, 0.1) is 5.92 Å². The standard InChI is InChI=1S/C13H19BrO2/c1-9(6-10(2)15)7-11-4-5-13(16-3)12(14)8-11/h4-5,8-10,15H,6-7H2,1-3H3. The Morgan fingerprint density at radius 1 is 1.38 bits per heavy atom. The second-order valence-electron chi connectivity index (χ2n) is 4.36. The van der Waals surface area contributed by atoms with Gasteiger partial charge < -0.3 is 9.84 Å². The molecule has 90 valence electrons. The second-order valence-corrected chi connectivity index (χ2v) is 5.22. The Hall–Kier alpha value is -0.540. The fourth-order valence-corrected chi connectivity index (χ4v) is 2.49. The average molecular weight is 287 g/mol. The van der Waals surface area contributed by atoms with Crippen LogP contribution in [0.2, 0.25) is 0 Å². The summed E-state index contributed by atoms with van der Waals surface area (Å²) < 4.78 is 6.17. The van der Waals surface area contributed by atoms with Gasteiger partial charge in [0.15, 0.2) is 0 Å². The molecule has 3 heteroatoms. The molecule has 0 aromatic heterocycles. The first-order chi connectivity index (χ1) is 7.52. The van der Waals surface area contributed by atoms with Gasteiger partial charge in [-0.3, -0.25) is 0 Å². The molecule has 1 aromatic carbocycles. The molecule has 0 fully saturated rings. The molecule has 2 nitrogen and oxygen atoms in total. The summed E-state index contributed by atoms with van der Waals surface area (Å²) in [6, 6.07) is 6.12. The van der Waals surface area contributed by atoms with E-state index in [1.807, 2.05) is 13.0 Å². The minimum atomic E-state index is -0.225. The highest BCUT2D eigenvalue weighted by Gasteiger charge is 2.08. The molecule has 2 atom stereocenters. The zero-order chi connectivity index (χ0) is 12.1. The van der Waals surface area contributed by atoms with Crippen LogP contribution >= 0.6 is 15.9 Å². The predicted molar refractivity (Wildman–Crippen MR) is 69.9 cm³/mol. The van der Waals surface area contributed by atoms with Crippen LogP contribution in [0.3, 0.4) is 0 Å². The van der Waals surface area contributed by atoms with Crippen molar-refractivity contribution < 1.29 is 9.84 Å². The summed E-state index contributed by atoms with van der Waals surface area (Å²) in [4.78, 5) is 0. The van der Waals surface area contributed by atoms with E-state index >= 15 is 0 Å². The molecule has 0 aliphatic heterocycles. The number of hydrogen-bond acceptors (Lipinski definition) is 2. The van der Waals surface area contributed by atoms with Crippen LogP contribution < -0.4 is 4.74 Å². The lowest BCUT2D eigenvalue weighted by Gasteiger charge is -2.14. The smallest absolute Gasteiger partial charge is 0.133 e. The second kappa shape index (κ2) is 6.26. The van der Waals surface area contributed by atoms with Crippen molar-refractivity contribution in [3.8, 4) is 5.75 Å². The van der Waals surface area contributed by atoms with Gasteiger partial charge in [0.05, 0.1) is 17.7 Å². The molecule has 2 unspecified atom stereocenters. The van der Waals surface area contributed by atoms with Gasteiger partial charge >= 0.3 is 0 Å². The molecule has 0 saturated heterocycles. The third-order valence-corrected chi connectivity index (χ3v) is 3.16. The van der Waals surface area contributed by atoms with E-state index in [1.165, 1.54) is 5.56 Å². The van der Waals surface area contributed by atoms with E-state index in [0.717, 1.165) is 23.1 Å². The van der Waals surface area contributed by atoms with E-state index in [1.54, 1.807) is 7.11 Å². The molecule has 0 bridgehead atoms. The summed E-state index contributed by atoms with van der Waals surface area (Å²) in [6.45, 7) is 3.99. The van der Waals surface area contributed by atoms with Crippen molar-refractivity contribution in [2.45, 2.75) is 32.8 Å². The Balaban J connectivity index is 2.64. The minimum Gasteiger partial charge on any atom is -0.496 e. The average Bonchev–Trinajstić information content (AvgIpc) is 2.16. The van der Waals surface area contributed by atoms with E-state index in [2.05, 4.69) is 35.0 Å². The topological polar surface area (TPSA) is 29.5 Å². The van der Waals surface area contributed by atoms with Gasteiger partial charge in [-0.25, -0.2) is 0 Å². The Bertz CT molecular complexity index is 337. The minimum absolute atomic E-state index is 0.225. The largest absolute Gasteiger partial charge is 0.496 e. The maximum atomic E-state index is 9.31. The molecule has 0 heterocycles. The summed E-state index contributed by atoms with van der Waals surface area (Å²) in [6.07, 6.45) is 1.59. The maximum Gasteiger partial charge on any atom is 0.133 e. The Morgan fingerprint density at radius 3 is 2.56 bits per heavy atom. The molecular weight excluding hydrogens is 268 g/mol. The van der Waals surface area contributed by atoms with Crippen LogP contribution in [0.25, 0.3) is 0 Å².